The number of piperidine rings is 1. The van der Waals surface area contributed by atoms with Crippen molar-refractivity contribution >= 4 is 17.5 Å². The normalized spacial score (nSPS) is 16.8. The number of aliphatic hydroxyl groups is 1. The van der Waals surface area contributed by atoms with Crippen molar-refractivity contribution in [3.05, 3.63) is 70.7 Å². The molecule has 1 atom stereocenters. The molecular formula is C22H27ClN2O2. The number of nitrogens with one attached hydrogen (secondary N) is 1. The second-order valence-electron chi connectivity index (χ2n) is 7.14. The number of carbonyl (C=O) groups is 1. The molecule has 1 amide bonds. The van der Waals surface area contributed by atoms with Crippen molar-refractivity contribution in [3.8, 4) is 0 Å². The smallest absolute Gasteiger partial charge is 0.220 e. The molecule has 3 rings (SSSR count). The van der Waals surface area contributed by atoms with Gasteiger partial charge in [-0.3, -0.25) is 4.79 Å². The van der Waals surface area contributed by atoms with Crippen molar-refractivity contribution in [3.63, 3.8) is 0 Å². The molecule has 1 heterocycles. The Morgan fingerprint density at radius 3 is 2.37 bits per heavy atom. The van der Waals surface area contributed by atoms with Crippen LogP contribution in [-0.2, 0) is 4.79 Å². The van der Waals surface area contributed by atoms with Crippen molar-refractivity contribution in [2.75, 3.05) is 26.2 Å². The fraction of sp³-hybridized carbons (Fsp3) is 0.409. The van der Waals surface area contributed by atoms with Crippen LogP contribution in [0.3, 0.4) is 0 Å². The van der Waals surface area contributed by atoms with Crippen LogP contribution < -0.4 is 5.32 Å². The quantitative estimate of drug-likeness (QED) is 0.766. The lowest BCUT2D eigenvalue weighted by Crippen LogP contribution is -2.41. The third kappa shape index (κ3) is 6.06. The van der Waals surface area contributed by atoms with E-state index in [2.05, 4.69) is 22.3 Å². The highest BCUT2D eigenvalue weighted by atomic mass is 35.5. The van der Waals surface area contributed by atoms with E-state index in [4.69, 9.17) is 11.6 Å². The average molecular weight is 387 g/mol. The Morgan fingerprint density at radius 1 is 1.07 bits per heavy atom. The Hall–Kier alpha value is -1.88. The van der Waals surface area contributed by atoms with Crippen LogP contribution in [0.4, 0.5) is 0 Å². The van der Waals surface area contributed by atoms with E-state index in [1.807, 2.05) is 42.5 Å². The highest BCUT2D eigenvalue weighted by molar-refractivity contribution is 6.30. The molecule has 1 saturated heterocycles. The van der Waals surface area contributed by atoms with Crippen molar-refractivity contribution < 1.29 is 9.90 Å². The van der Waals surface area contributed by atoms with E-state index in [1.165, 1.54) is 0 Å². The molecule has 1 aliphatic rings. The predicted molar refractivity (Wildman–Crippen MR) is 109 cm³/mol. The van der Waals surface area contributed by atoms with Gasteiger partial charge >= 0.3 is 0 Å². The molecule has 1 fully saturated rings. The molecule has 0 unspecified atom stereocenters. The van der Waals surface area contributed by atoms with Crippen LogP contribution >= 0.6 is 11.6 Å². The third-order valence-corrected chi connectivity index (χ3v) is 5.42. The van der Waals surface area contributed by atoms with Gasteiger partial charge in [-0.1, -0.05) is 54.1 Å². The lowest BCUT2D eigenvalue weighted by molar-refractivity contribution is -0.121. The van der Waals surface area contributed by atoms with Crippen LogP contribution in [0.15, 0.2) is 54.6 Å². The maximum Gasteiger partial charge on any atom is 0.220 e. The summed E-state index contributed by atoms with van der Waals surface area (Å²) in [6.45, 7) is 3.26. The molecule has 0 bridgehead atoms. The number of hydrogen-bond donors (Lipinski definition) is 2. The number of likely N-dealkylation sites (tertiary alicyclic amines) is 1. The number of halogens is 1. The summed E-state index contributed by atoms with van der Waals surface area (Å²) in [5.74, 6) is 0.0597. The minimum Gasteiger partial charge on any atom is -0.393 e. The standard InChI is InChI=1S/C22H27ClN2O2/c23-19-8-6-18(7-9-19)21(17-4-2-1-3-5-17)16-22(27)24-12-15-25-13-10-20(26)11-14-25/h1-9,20-21,26H,10-16H2,(H,24,27)/t21-/m0/s1. The van der Waals surface area contributed by atoms with E-state index in [-0.39, 0.29) is 17.9 Å². The zero-order chi connectivity index (χ0) is 19.1. The number of carbonyl (C=O) groups excluding carboxylic acids is 1. The number of benzene rings is 2. The molecular weight excluding hydrogens is 360 g/mol. The van der Waals surface area contributed by atoms with Crippen molar-refractivity contribution in [1.82, 2.24) is 10.2 Å². The molecule has 27 heavy (non-hydrogen) atoms. The van der Waals surface area contributed by atoms with E-state index >= 15 is 0 Å². The molecule has 0 aliphatic carbocycles. The molecule has 2 aromatic carbocycles. The number of aliphatic hydroxyl groups excluding tert-OH is 1. The molecule has 1 aliphatic heterocycles. The first-order valence-electron chi connectivity index (χ1n) is 9.59. The van der Waals surface area contributed by atoms with Crippen molar-refractivity contribution in [1.29, 1.82) is 0 Å². The molecule has 2 N–H and O–H groups in total. The van der Waals surface area contributed by atoms with Gasteiger partial charge in [0.05, 0.1) is 6.10 Å². The van der Waals surface area contributed by atoms with Crippen LogP contribution in [0.25, 0.3) is 0 Å². The van der Waals surface area contributed by atoms with Gasteiger partial charge < -0.3 is 15.3 Å². The monoisotopic (exact) mass is 386 g/mol. The van der Waals surface area contributed by atoms with Gasteiger partial charge in [0, 0.05) is 43.5 Å². The molecule has 0 spiro atoms. The van der Waals surface area contributed by atoms with Crippen molar-refractivity contribution in [2.45, 2.75) is 31.3 Å². The summed E-state index contributed by atoms with van der Waals surface area (Å²) < 4.78 is 0. The molecule has 0 radical (unpaired) electrons. The molecule has 144 valence electrons. The summed E-state index contributed by atoms with van der Waals surface area (Å²) in [6.07, 6.45) is 1.88. The van der Waals surface area contributed by atoms with E-state index in [0.717, 1.165) is 43.6 Å². The molecule has 0 aromatic heterocycles. The Morgan fingerprint density at radius 2 is 1.70 bits per heavy atom. The fourth-order valence-corrected chi connectivity index (χ4v) is 3.69. The Labute approximate surface area is 166 Å². The summed E-state index contributed by atoms with van der Waals surface area (Å²) in [4.78, 5) is 14.9. The third-order valence-electron chi connectivity index (χ3n) is 5.17. The van der Waals surface area contributed by atoms with Crippen LogP contribution in [0.5, 0.6) is 0 Å². The van der Waals surface area contributed by atoms with Crippen LogP contribution in [0.1, 0.15) is 36.3 Å². The van der Waals surface area contributed by atoms with E-state index < -0.39 is 0 Å². The lowest BCUT2D eigenvalue weighted by Gasteiger charge is -2.29. The van der Waals surface area contributed by atoms with Gasteiger partial charge in [-0.05, 0) is 36.1 Å². The Kier molecular flexibility index (Phi) is 7.27. The van der Waals surface area contributed by atoms with Gasteiger partial charge in [0.1, 0.15) is 0 Å². The average Bonchev–Trinajstić information content (AvgIpc) is 2.69. The number of amides is 1. The lowest BCUT2D eigenvalue weighted by atomic mass is 9.88. The van der Waals surface area contributed by atoms with Crippen LogP contribution in [-0.4, -0.2) is 48.2 Å². The topological polar surface area (TPSA) is 52.6 Å². The molecule has 4 nitrogen and oxygen atoms in total. The Balaban J connectivity index is 1.57. The zero-order valence-corrected chi connectivity index (χ0v) is 16.2. The van der Waals surface area contributed by atoms with E-state index in [1.54, 1.807) is 0 Å². The van der Waals surface area contributed by atoms with Gasteiger partial charge in [-0.15, -0.1) is 0 Å². The summed E-state index contributed by atoms with van der Waals surface area (Å²) in [7, 11) is 0. The maximum absolute atomic E-state index is 12.6. The van der Waals surface area contributed by atoms with Gasteiger partial charge in [0.15, 0.2) is 0 Å². The summed E-state index contributed by atoms with van der Waals surface area (Å²) in [5, 5.41) is 13.3. The summed E-state index contributed by atoms with van der Waals surface area (Å²) >= 11 is 6.02. The van der Waals surface area contributed by atoms with Crippen LogP contribution in [0, 0.1) is 0 Å². The highest BCUT2D eigenvalue weighted by Gasteiger charge is 2.19. The first kappa shape index (κ1) is 19.9. The molecule has 2 aromatic rings. The Bertz CT molecular complexity index is 713. The van der Waals surface area contributed by atoms with Gasteiger partial charge in [0.2, 0.25) is 5.91 Å². The first-order valence-corrected chi connectivity index (χ1v) is 9.97. The summed E-state index contributed by atoms with van der Waals surface area (Å²) in [6, 6.07) is 17.8. The van der Waals surface area contributed by atoms with Crippen molar-refractivity contribution in [2.24, 2.45) is 0 Å². The fourth-order valence-electron chi connectivity index (χ4n) is 3.56. The predicted octanol–water partition coefficient (Wildman–Crippen LogP) is 3.43. The van der Waals surface area contributed by atoms with Gasteiger partial charge in [-0.2, -0.15) is 0 Å². The minimum atomic E-state index is -0.165. The number of nitrogens with zero attached hydrogens (tertiary/aromatic N) is 1. The van der Waals surface area contributed by atoms with Crippen LogP contribution in [0.2, 0.25) is 5.02 Å². The van der Waals surface area contributed by atoms with Gasteiger partial charge in [-0.25, -0.2) is 0 Å². The second kappa shape index (κ2) is 9.88. The molecule has 5 heteroatoms. The SMILES string of the molecule is O=C(C[C@@H](c1ccccc1)c1ccc(Cl)cc1)NCCN1CCC(O)CC1. The maximum atomic E-state index is 12.6. The number of hydrogen-bond acceptors (Lipinski definition) is 3. The van der Waals surface area contributed by atoms with E-state index in [0.29, 0.717) is 18.0 Å². The highest BCUT2D eigenvalue weighted by Crippen LogP contribution is 2.28. The second-order valence-corrected chi connectivity index (χ2v) is 7.58. The largest absolute Gasteiger partial charge is 0.393 e. The molecule has 0 saturated carbocycles. The van der Waals surface area contributed by atoms with Gasteiger partial charge in [0.25, 0.3) is 0 Å². The van der Waals surface area contributed by atoms with E-state index in [9.17, 15) is 9.90 Å². The number of rotatable bonds is 7. The zero-order valence-electron chi connectivity index (χ0n) is 15.5. The first-order chi connectivity index (χ1) is 13.1. The minimum absolute atomic E-state index is 0.00796. The summed E-state index contributed by atoms with van der Waals surface area (Å²) in [5.41, 5.74) is 2.21.